The van der Waals surface area contributed by atoms with Crippen LogP contribution < -0.4 is 15.4 Å². The summed E-state index contributed by atoms with van der Waals surface area (Å²) in [6.07, 6.45) is 0.526. The van der Waals surface area contributed by atoms with Gasteiger partial charge in [-0.3, -0.25) is 4.79 Å². The zero-order valence-corrected chi connectivity index (χ0v) is 12.2. The largest absolute Gasteiger partial charge is 0.496 e. The van der Waals surface area contributed by atoms with Gasteiger partial charge >= 0.3 is 0 Å². The Kier molecular flexibility index (Phi) is 5.10. The van der Waals surface area contributed by atoms with Gasteiger partial charge in [-0.25, -0.2) is 0 Å². The van der Waals surface area contributed by atoms with Gasteiger partial charge in [-0.15, -0.1) is 0 Å². The first kappa shape index (κ1) is 14.2. The summed E-state index contributed by atoms with van der Waals surface area (Å²) in [5.74, 6) is 3.04. The van der Waals surface area contributed by atoms with Crippen LogP contribution in [-0.2, 0) is 4.79 Å². The number of hydrogen-bond acceptors (Lipinski definition) is 4. The summed E-state index contributed by atoms with van der Waals surface area (Å²) in [6.45, 7) is 2.96. The molecule has 0 radical (unpaired) electrons. The molecule has 0 aromatic heterocycles. The van der Waals surface area contributed by atoms with Crippen LogP contribution in [0.1, 0.15) is 12.0 Å². The third-order valence-electron chi connectivity index (χ3n) is 3.11. The highest BCUT2D eigenvalue weighted by Crippen LogP contribution is 2.21. The van der Waals surface area contributed by atoms with Crippen LogP contribution in [0.15, 0.2) is 18.2 Å². The summed E-state index contributed by atoms with van der Waals surface area (Å²) in [5.41, 5.74) is 1.85. The van der Waals surface area contributed by atoms with Gasteiger partial charge in [-0.1, -0.05) is 0 Å². The molecule has 1 aromatic carbocycles. The standard InChI is InChI=1S/C14H20N2O2S/c1-10-7-11(3-4-13(10)18-2)16-14(17)8-12-9-19-6-5-15-12/h3-4,7,12,15H,5-6,8-9H2,1-2H3,(H,16,17). The second-order valence-electron chi connectivity index (χ2n) is 4.66. The highest BCUT2D eigenvalue weighted by molar-refractivity contribution is 7.99. The number of benzene rings is 1. The minimum Gasteiger partial charge on any atom is -0.496 e. The van der Waals surface area contributed by atoms with Gasteiger partial charge in [0.25, 0.3) is 0 Å². The number of hydrogen-bond donors (Lipinski definition) is 2. The van der Waals surface area contributed by atoms with E-state index < -0.39 is 0 Å². The molecule has 1 unspecified atom stereocenters. The first-order chi connectivity index (χ1) is 9.19. The van der Waals surface area contributed by atoms with Crippen molar-refractivity contribution in [3.8, 4) is 5.75 Å². The molecule has 2 rings (SSSR count). The van der Waals surface area contributed by atoms with Gasteiger partial charge in [-0.2, -0.15) is 11.8 Å². The summed E-state index contributed by atoms with van der Waals surface area (Å²) in [4.78, 5) is 12.0. The lowest BCUT2D eigenvalue weighted by molar-refractivity contribution is -0.116. The van der Waals surface area contributed by atoms with E-state index in [-0.39, 0.29) is 11.9 Å². The number of thioether (sulfide) groups is 1. The van der Waals surface area contributed by atoms with Crippen LogP contribution in [-0.4, -0.2) is 37.1 Å². The number of aryl methyl sites for hydroxylation is 1. The van der Waals surface area contributed by atoms with Crippen molar-refractivity contribution in [2.45, 2.75) is 19.4 Å². The van der Waals surface area contributed by atoms with Crippen molar-refractivity contribution in [3.05, 3.63) is 23.8 Å². The maximum atomic E-state index is 12.0. The molecule has 0 bridgehead atoms. The number of rotatable bonds is 4. The Balaban J connectivity index is 1.89. The van der Waals surface area contributed by atoms with Crippen LogP contribution in [0.25, 0.3) is 0 Å². The minimum absolute atomic E-state index is 0.0598. The quantitative estimate of drug-likeness (QED) is 0.886. The summed E-state index contributed by atoms with van der Waals surface area (Å²) in [5, 5.41) is 6.30. The van der Waals surface area contributed by atoms with E-state index in [9.17, 15) is 4.79 Å². The summed E-state index contributed by atoms with van der Waals surface area (Å²) < 4.78 is 5.20. The van der Waals surface area contributed by atoms with Crippen molar-refractivity contribution in [1.29, 1.82) is 0 Å². The third kappa shape index (κ3) is 4.14. The molecule has 1 atom stereocenters. The predicted octanol–water partition coefficient (Wildman–Crippen LogP) is 2.04. The van der Waals surface area contributed by atoms with Crippen molar-refractivity contribution in [2.24, 2.45) is 0 Å². The maximum Gasteiger partial charge on any atom is 0.225 e. The molecule has 4 nitrogen and oxygen atoms in total. The van der Waals surface area contributed by atoms with Gasteiger partial charge in [0.1, 0.15) is 5.75 Å². The van der Waals surface area contributed by atoms with Crippen LogP contribution in [0.2, 0.25) is 0 Å². The van der Waals surface area contributed by atoms with Gasteiger partial charge in [0.05, 0.1) is 7.11 Å². The number of carbonyl (C=O) groups excluding carboxylic acids is 1. The molecular formula is C14H20N2O2S. The molecule has 0 spiro atoms. The lowest BCUT2D eigenvalue weighted by Crippen LogP contribution is -2.39. The predicted molar refractivity (Wildman–Crippen MR) is 80.1 cm³/mol. The monoisotopic (exact) mass is 280 g/mol. The molecule has 1 aliphatic heterocycles. The lowest BCUT2D eigenvalue weighted by atomic mass is 10.2. The average Bonchev–Trinajstić information content (AvgIpc) is 2.40. The highest BCUT2D eigenvalue weighted by Gasteiger charge is 2.16. The van der Waals surface area contributed by atoms with Gasteiger partial charge in [0.2, 0.25) is 5.91 Å². The normalized spacial score (nSPS) is 18.9. The Morgan fingerprint density at radius 3 is 3.05 bits per heavy atom. The van der Waals surface area contributed by atoms with E-state index in [4.69, 9.17) is 4.74 Å². The Morgan fingerprint density at radius 1 is 1.58 bits per heavy atom. The number of methoxy groups -OCH3 is 1. The Morgan fingerprint density at radius 2 is 2.42 bits per heavy atom. The van der Waals surface area contributed by atoms with Crippen LogP contribution in [0.5, 0.6) is 5.75 Å². The molecule has 1 saturated heterocycles. The van der Waals surface area contributed by atoms with Crippen LogP contribution in [0.3, 0.4) is 0 Å². The Bertz CT molecular complexity index is 445. The minimum atomic E-state index is 0.0598. The zero-order chi connectivity index (χ0) is 13.7. The fraction of sp³-hybridized carbons (Fsp3) is 0.500. The fourth-order valence-corrected chi connectivity index (χ4v) is 3.09. The molecule has 1 heterocycles. The number of carbonyl (C=O) groups is 1. The first-order valence-corrected chi connectivity index (χ1v) is 7.60. The van der Waals surface area contributed by atoms with E-state index in [1.54, 1.807) is 7.11 Å². The van der Waals surface area contributed by atoms with E-state index >= 15 is 0 Å². The van der Waals surface area contributed by atoms with Crippen molar-refractivity contribution >= 4 is 23.4 Å². The lowest BCUT2D eigenvalue weighted by Gasteiger charge is -2.22. The number of ether oxygens (including phenoxy) is 1. The molecule has 1 amide bonds. The molecular weight excluding hydrogens is 260 g/mol. The topological polar surface area (TPSA) is 50.4 Å². The molecule has 104 valence electrons. The summed E-state index contributed by atoms with van der Waals surface area (Å²) in [7, 11) is 1.65. The van der Waals surface area contributed by atoms with Gasteiger partial charge in [0, 0.05) is 36.2 Å². The van der Waals surface area contributed by atoms with Crippen molar-refractivity contribution in [1.82, 2.24) is 5.32 Å². The molecule has 0 aliphatic carbocycles. The van der Waals surface area contributed by atoms with E-state index in [1.807, 2.05) is 36.9 Å². The van der Waals surface area contributed by atoms with E-state index in [2.05, 4.69) is 10.6 Å². The highest BCUT2D eigenvalue weighted by atomic mass is 32.2. The van der Waals surface area contributed by atoms with E-state index in [0.717, 1.165) is 35.1 Å². The van der Waals surface area contributed by atoms with E-state index in [1.165, 1.54) is 0 Å². The number of anilines is 1. The summed E-state index contributed by atoms with van der Waals surface area (Å²) >= 11 is 1.90. The SMILES string of the molecule is COc1ccc(NC(=O)CC2CSCCN2)cc1C. The van der Waals surface area contributed by atoms with Crippen LogP contribution in [0, 0.1) is 6.92 Å². The van der Waals surface area contributed by atoms with Crippen LogP contribution >= 0.6 is 11.8 Å². The fourth-order valence-electron chi connectivity index (χ4n) is 2.14. The Labute approximate surface area is 118 Å². The first-order valence-electron chi connectivity index (χ1n) is 6.44. The van der Waals surface area contributed by atoms with Crippen molar-refractivity contribution in [3.63, 3.8) is 0 Å². The van der Waals surface area contributed by atoms with Crippen molar-refractivity contribution in [2.75, 3.05) is 30.5 Å². The molecule has 0 saturated carbocycles. The molecule has 19 heavy (non-hydrogen) atoms. The molecule has 1 aromatic rings. The van der Waals surface area contributed by atoms with Gasteiger partial charge in [0.15, 0.2) is 0 Å². The second kappa shape index (κ2) is 6.82. The second-order valence-corrected chi connectivity index (χ2v) is 5.81. The van der Waals surface area contributed by atoms with Crippen molar-refractivity contribution < 1.29 is 9.53 Å². The average molecular weight is 280 g/mol. The molecule has 2 N–H and O–H groups in total. The third-order valence-corrected chi connectivity index (χ3v) is 4.24. The maximum absolute atomic E-state index is 12.0. The number of nitrogens with one attached hydrogen (secondary N) is 2. The smallest absolute Gasteiger partial charge is 0.225 e. The Hall–Kier alpha value is -1.20. The molecule has 1 fully saturated rings. The zero-order valence-electron chi connectivity index (χ0n) is 11.4. The van der Waals surface area contributed by atoms with Crippen LogP contribution in [0.4, 0.5) is 5.69 Å². The van der Waals surface area contributed by atoms with Gasteiger partial charge < -0.3 is 15.4 Å². The molecule has 1 aliphatic rings. The number of amides is 1. The summed E-state index contributed by atoms with van der Waals surface area (Å²) in [6, 6.07) is 5.96. The van der Waals surface area contributed by atoms with E-state index in [0.29, 0.717) is 6.42 Å². The molecule has 5 heteroatoms. The van der Waals surface area contributed by atoms with Gasteiger partial charge in [-0.05, 0) is 30.7 Å².